The molecule has 1 rings (SSSR count). The van der Waals surface area contributed by atoms with Crippen molar-refractivity contribution in [2.24, 2.45) is 5.11 Å². The summed E-state index contributed by atoms with van der Waals surface area (Å²) in [5, 5.41) is 3.44. The van der Waals surface area contributed by atoms with Crippen LogP contribution in [0.2, 0.25) is 0 Å². The Morgan fingerprint density at radius 3 is 3.00 bits per heavy atom. The number of nitrogens with zero attached hydrogens (tertiary/aromatic N) is 3. The van der Waals surface area contributed by atoms with E-state index in [-0.39, 0.29) is 0 Å². The molecule has 1 aromatic carbocycles. The largest absolute Gasteiger partial charge is 0.492 e. The summed E-state index contributed by atoms with van der Waals surface area (Å²) in [7, 11) is 0. The highest BCUT2D eigenvalue weighted by molar-refractivity contribution is 7.98. The molecule has 0 aliphatic rings. The van der Waals surface area contributed by atoms with E-state index in [2.05, 4.69) is 10.0 Å². The number of thioether (sulfide) groups is 1. The van der Waals surface area contributed by atoms with Crippen LogP contribution < -0.4 is 4.74 Å². The SMILES string of the molecule is CSc1ccccc1OCCCN=[N+]=[N-]. The molecular formula is C10H13N3OS. The van der Waals surface area contributed by atoms with Gasteiger partial charge in [0.15, 0.2) is 0 Å². The van der Waals surface area contributed by atoms with E-state index in [1.165, 1.54) is 0 Å². The third-order valence-corrected chi connectivity index (χ3v) is 2.57. The minimum Gasteiger partial charge on any atom is -0.492 e. The van der Waals surface area contributed by atoms with Gasteiger partial charge >= 0.3 is 0 Å². The van der Waals surface area contributed by atoms with E-state index in [1.807, 2.05) is 30.5 Å². The Morgan fingerprint density at radius 2 is 2.27 bits per heavy atom. The lowest BCUT2D eigenvalue weighted by Crippen LogP contribution is -1.99. The Morgan fingerprint density at radius 1 is 1.47 bits per heavy atom. The predicted octanol–water partition coefficient (Wildman–Crippen LogP) is 3.49. The van der Waals surface area contributed by atoms with Crippen molar-refractivity contribution in [3.05, 3.63) is 34.7 Å². The van der Waals surface area contributed by atoms with Gasteiger partial charge in [-0.05, 0) is 30.3 Å². The summed E-state index contributed by atoms with van der Waals surface area (Å²) in [6.45, 7) is 1.06. The maximum atomic E-state index is 8.08. The van der Waals surface area contributed by atoms with Crippen molar-refractivity contribution >= 4 is 11.8 Å². The van der Waals surface area contributed by atoms with Gasteiger partial charge < -0.3 is 4.74 Å². The second-order valence-electron chi connectivity index (χ2n) is 2.81. The first kappa shape index (κ1) is 11.8. The van der Waals surface area contributed by atoms with E-state index in [4.69, 9.17) is 10.3 Å². The molecule has 0 saturated heterocycles. The summed E-state index contributed by atoms with van der Waals surface area (Å²) in [6, 6.07) is 7.90. The molecule has 0 spiro atoms. The summed E-state index contributed by atoms with van der Waals surface area (Å²) >= 11 is 1.66. The number of ether oxygens (including phenoxy) is 1. The molecule has 0 aliphatic heterocycles. The second kappa shape index (κ2) is 7.04. The molecule has 5 heteroatoms. The zero-order valence-corrected chi connectivity index (χ0v) is 9.41. The molecule has 0 amide bonds. The van der Waals surface area contributed by atoms with E-state index in [0.29, 0.717) is 13.2 Å². The number of benzene rings is 1. The van der Waals surface area contributed by atoms with Crippen molar-refractivity contribution in [2.45, 2.75) is 11.3 Å². The van der Waals surface area contributed by atoms with E-state index in [1.54, 1.807) is 11.8 Å². The van der Waals surface area contributed by atoms with Crippen LogP contribution >= 0.6 is 11.8 Å². The number of para-hydroxylation sites is 1. The minimum absolute atomic E-state index is 0.484. The summed E-state index contributed by atoms with van der Waals surface area (Å²) in [5.74, 6) is 0.894. The molecule has 80 valence electrons. The monoisotopic (exact) mass is 223 g/mol. The Labute approximate surface area is 93.3 Å². The molecule has 0 N–H and O–H groups in total. The molecule has 0 radical (unpaired) electrons. The van der Waals surface area contributed by atoms with Crippen molar-refractivity contribution < 1.29 is 4.74 Å². The lowest BCUT2D eigenvalue weighted by Gasteiger charge is -2.08. The molecule has 0 heterocycles. The van der Waals surface area contributed by atoms with E-state index >= 15 is 0 Å². The van der Waals surface area contributed by atoms with Gasteiger partial charge in [-0.1, -0.05) is 17.2 Å². The number of rotatable bonds is 6. The van der Waals surface area contributed by atoms with Crippen LogP contribution in [0.5, 0.6) is 5.75 Å². The molecule has 0 saturated carbocycles. The number of hydrogen-bond donors (Lipinski definition) is 0. The van der Waals surface area contributed by atoms with Gasteiger partial charge in [0, 0.05) is 16.4 Å². The van der Waals surface area contributed by atoms with E-state index < -0.39 is 0 Å². The van der Waals surface area contributed by atoms with Crippen molar-refractivity contribution in [1.29, 1.82) is 0 Å². The van der Waals surface area contributed by atoms with Crippen molar-refractivity contribution in [2.75, 3.05) is 19.4 Å². The normalized spacial score (nSPS) is 9.40. The molecule has 0 bridgehead atoms. The maximum Gasteiger partial charge on any atom is 0.132 e. The Hall–Kier alpha value is -1.32. The Kier molecular flexibility index (Phi) is 5.51. The highest BCUT2D eigenvalue weighted by atomic mass is 32.2. The van der Waals surface area contributed by atoms with Gasteiger partial charge in [0.1, 0.15) is 5.75 Å². The van der Waals surface area contributed by atoms with Crippen molar-refractivity contribution in [1.82, 2.24) is 0 Å². The molecule has 0 atom stereocenters. The first-order chi connectivity index (χ1) is 7.38. The van der Waals surface area contributed by atoms with E-state index in [9.17, 15) is 0 Å². The average Bonchev–Trinajstić information content (AvgIpc) is 2.29. The molecule has 0 unspecified atom stereocenters. The van der Waals surface area contributed by atoms with Gasteiger partial charge in [-0.2, -0.15) is 0 Å². The fraction of sp³-hybridized carbons (Fsp3) is 0.400. The molecule has 4 nitrogen and oxygen atoms in total. The lowest BCUT2D eigenvalue weighted by molar-refractivity contribution is 0.306. The van der Waals surface area contributed by atoms with Gasteiger partial charge in [0.2, 0.25) is 0 Å². The summed E-state index contributed by atoms with van der Waals surface area (Å²) in [6.07, 6.45) is 2.76. The topological polar surface area (TPSA) is 58.0 Å². The fourth-order valence-electron chi connectivity index (χ4n) is 1.10. The summed E-state index contributed by atoms with van der Waals surface area (Å²) in [5.41, 5.74) is 8.08. The molecule has 0 aliphatic carbocycles. The molecule has 0 fully saturated rings. The fourth-order valence-corrected chi connectivity index (χ4v) is 1.64. The second-order valence-corrected chi connectivity index (χ2v) is 3.66. The molecule has 0 aromatic heterocycles. The van der Waals surface area contributed by atoms with Crippen LogP contribution in [0, 0.1) is 0 Å². The minimum atomic E-state index is 0.484. The molecule has 15 heavy (non-hydrogen) atoms. The van der Waals surface area contributed by atoms with Gasteiger partial charge in [0.05, 0.1) is 6.61 Å². The number of hydrogen-bond acceptors (Lipinski definition) is 3. The van der Waals surface area contributed by atoms with Gasteiger partial charge in [-0.25, -0.2) is 0 Å². The zero-order chi connectivity index (χ0) is 10.9. The maximum absolute atomic E-state index is 8.08. The van der Waals surface area contributed by atoms with Crippen LogP contribution in [-0.4, -0.2) is 19.4 Å². The molecular weight excluding hydrogens is 210 g/mol. The Balaban J connectivity index is 2.39. The van der Waals surface area contributed by atoms with Crippen LogP contribution in [0.15, 0.2) is 34.3 Å². The van der Waals surface area contributed by atoms with Crippen molar-refractivity contribution in [3.8, 4) is 5.75 Å². The van der Waals surface area contributed by atoms with Gasteiger partial charge in [0.25, 0.3) is 0 Å². The zero-order valence-electron chi connectivity index (χ0n) is 8.59. The first-order valence-corrected chi connectivity index (χ1v) is 5.87. The van der Waals surface area contributed by atoms with Crippen LogP contribution in [0.4, 0.5) is 0 Å². The summed E-state index contributed by atoms with van der Waals surface area (Å²) < 4.78 is 5.57. The van der Waals surface area contributed by atoms with Gasteiger partial charge in [-0.15, -0.1) is 11.8 Å². The quantitative estimate of drug-likeness (QED) is 0.244. The average molecular weight is 223 g/mol. The van der Waals surface area contributed by atoms with Crippen LogP contribution in [0.3, 0.4) is 0 Å². The smallest absolute Gasteiger partial charge is 0.132 e. The van der Waals surface area contributed by atoms with Gasteiger partial charge in [-0.3, -0.25) is 0 Å². The number of azide groups is 1. The summed E-state index contributed by atoms with van der Waals surface area (Å²) in [4.78, 5) is 3.81. The van der Waals surface area contributed by atoms with Crippen LogP contribution in [0.25, 0.3) is 10.4 Å². The highest BCUT2D eigenvalue weighted by Crippen LogP contribution is 2.26. The third kappa shape index (κ3) is 4.14. The molecule has 1 aromatic rings. The third-order valence-electron chi connectivity index (χ3n) is 1.79. The lowest BCUT2D eigenvalue weighted by atomic mass is 10.3. The Bertz CT molecular complexity index is 350. The van der Waals surface area contributed by atoms with E-state index in [0.717, 1.165) is 17.1 Å². The predicted molar refractivity (Wildman–Crippen MR) is 62.3 cm³/mol. The standard InChI is InChI=1S/C10H13N3OS/c1-15-10-6-3-2-5-9(10)14-8-4-7-12-13-11/h2-3,5-6H,4,7-8H2,1H3. The van der Waals surface area contributed by atoms with Crippen LogP contribution in [0.1, 0.15) is 6.42 Å². The first-order valence-electron chi connectivity index (χ1n) is 4.65. The highest BCUT2D eigenvalue weighted by Gasteiger charge is 1.99. The van der Waals surface area contributed by atoms with Crippen LogP contribution in [-0.2, 0) is 0 Å². The van der Waals surface area contributed by atoms with Crippen molar-refractivity contribution in [3.63, 3.8) is 0 Å².